The molecule has 1 aliphatic rings. The fourth-order valence-corrected chi connectivity index (χ4v) is 2.72. The normalized spacial score (nSPS) is 18.7. The molecule has 0 radical (unpaired) electrons. The number of benzene rings is 1. The second kappa shape index (κ2) is 6.10. The molecule has 2 heterocycles. The lowest BCUT2D eigenvalue weighted by molar-refractivity contribution is 0.0698. The Morgan fingerprint density at radius 2 is 2.19 bits per heavy atom. The van der Waals surface area contributed by atoms with Crippen LogP contribution in [0.5, 0.6) is 0 Å². The number of rotatable bonds is 3. The molecule has 1 unspecified atom stereocenters. The van der Waals surface area contributed by atoms with Crippen molar-refractivity contribution in [2.45, 2.75) is 18.9 Å². The minimum atomic E-state index is 0.0964. The minimum absolute atomic E-state index is 0.0964. The highest BCUT2D eigenvalue weighted by atomic mass is 16.3. The van der Waals surface area contributed by atoms with Crippen LogP contribution in [0.2, 0.25) is 0 Å². The van der Waals surface area contributed by atoms with Gasteiger partial charge in [-0.25, -0.2) is 4.98 Å². The standard InChI is InChI=1S/C16H19N3O2/c1-17-14-3-2-8-19(10-14)16(20)13-6-4-12(5-7-13)15-9-18-11-21-15/h4-7,9,11,14,17H,2-3,8,10H2,1H3. The van der Waals surface area contributed by atoms with E-state index < -0.39 is 0 Å². The molecule has 1 aliphatic heterocycles. The van der Waals surface area contributed by atoms with Crippen molar-refractivity contribution in [1.82, 2.24) is 15.2 Å². The monoisotopic (exact) mass is 285 g/mol. The smallest absolute Gasteiger partial charge is 0.253 e. The Morgan fingerprint density at radius 3 is 2.86 bits per heavy atom. The Bertz CT molecular complexity index is 592. The maximum absolute atomic E-state index is 12.5. The van der Waals surface area contributed by atoms with Crippen LogP contribution in [-0.2, 0) is 0 Å². The van der Waals surface area contributed by atoms with Crippen LogP contribution in [-0.4, -0.2) is 42.0 Å². The number of hydrogen-bond donors (Lipinski definition) is 1. The van der Waals surface area contributed by atoms with Gasteiger partial charge in [-0.15, -0.1) is 0 Å². The van der Waals surface area contributed by atoms with Crippen molar-refractivity contribution in [1.29, 1.82) is 0 Å². The van der Waals surface area contributed by atoms with Crippen molar-refractivity contribution < 1.29 is 9.21 Å². The number of amides is 1. The van der Waals surface area contributed by atoms with Gasteiger partial charge in [-0.05, 0) is 32.0 Å². The average molecular weight is 285 g/mol. The number of oxazole rings is 1. The second-order valence-electron chi connectivity index (χ2n) is 5.32. The van der Waals surface area contributed by atoms with Gasteiger partial charge in [0, 0.05) is 30.3 Å². The van der Waals surface area contributed by atoms with Gasteiger partial charge in [-0.3, -0.25) is 4.79 Å². The van der Waals surface area contributed by atoms with E-state index in [1.54, 1.807) is 6.20 Å². The van der Waals surface area contributed by atoms with Gasteiger partial charge >= 0.3 is 0 Å². The SMILES string of the molecule is CNC1CCCN(C(=O)c2ccc(-c3cnco3)cc2)C1. The van der Waals surface area contributed by atoms with Gasteiger partial charge in [0.1, 0.15) is 0 Å². The average Bonchev–Trinajstić information content (AvgIpc) is 3.09. The number of likely N-dealkylation sites (tertiary alicyclic amines) is 1. The number of piperidine rings is 1. The van der Waals surface area contributed by atoms with Crippen molar-refractivity contribution in [3.8, 4) is 11.3 Å². The van der Waals surface area contributed by atoms with Gasteiger partial charge in [0.25, 0.3) is 5.91 Å². The second-order valence-corrected chi connectivity index (χ2v) is 5.32. The lowest BCUT2D eigenvalue weighted by Crippen LogP contribution is -2.46. The highest BCUT2D eigenvalue weighted by molar-refractivity contribution is 5.94. The third-order valence-corrected chi connectivity index (χ3v) is 3.97. The molecule has 0 bridgehead atoms. The predicted octanol–water partition coefficient (Wildman–Crippen LogP) is 2.17. The van der Waals surface area contributed by atoms with Crippen LogP contribution >= 0.6 is 0 Å². The molecule has 5 heteroatoms. The molecular formula is C16H19N3O2. The summed E-state index contributed by atoms with van der Waals surface area (Å²) in [6, 6.07) is 7.89. The molecule has 1 amide bonds. The maximum Gasteiger partial charge on any atom is 0.253 e. The fraction of sp³-hybridized carbons (Fsp3) is 0.375. The lowest BCUT2D eigenvalue weighted by atomic mass is 10.0. The van der Waals surface area contributed by atoms with Crippen LogP contribution < -0.4 is 5.32 Å². The molecule has 0 spiro atoms. The highest BCUT2D eigenvalue weighted by Gasteiger charge is 2.23. The Morgan fingerprint density at radius 1 is 1.38 bits per heavy atom. The zero-order valence-electron chi connectivity index (χ0n) is 12.1. The van der Waals surface area contributed by atoms with Gasteiger partial charge in [0.15, 0.2) is 12.2 Å². The summed E-state index contributed by atoms with van der Waals surface area (Å²) in [4.78, 5) is 18.3. The largest absolute Gasteiger partial charge is 0.444 e. The minimum Gasteiger partial charge on any atom is -0.444 e. The summed E-state index contributed by atoms with van der Waals surface area (Å²) in [5, 5.41) is 3.25. The van der Waals surface area contributed by atoms with E-state index in [1.807, 2.05) is 36.2 Å². The number of aromatic nitrogens is 1. The summed E-state index contributed by atoms with van der Waals surface area (Å²) in [6.45, 7) is 1.61. The molecule has 2 aromatic rings. The first kappa shape index (κ1) is 13.8. The zero-order chi connectivity index (χ0) is 14.7. The fourth-order valence-electron chi connectivity index (χ4n) is 2.72. The lowest BCUT2D eigenvalue weighted by Gasteiger charge is -2.32. The molecule has 5 nitrogen and oxygen atoms in total. The summed E-state index contributed by atoms with van der Waals surface area (Å²) >= 11 is 0. The van der Waals surface area contributed by atoms with Crippen LogP contribution in [0.4, 0.5) is 0 Å². The molecule has 1 fully saturated rings. The summed E-state index contributed by atoms with van der Waals surface area (Å²) < 4.78 is 5.25. The van der Waals surface area contributed by atoms with Crippen molar-refractivity contribution in [3.05, 3.63) is 42.4 Å². The molecule has 1 aromatic carbocycles. The predicted molar refractivity (Wildman–Crippen MR) is 79.9 cm³/mol. The van der Waals surface area contributed by atoms with Crippen molar-refractivity contribution in [2.24, 2.45) is 0 Å². The van der Waals surface area contributed by atoms with Crippen LogP contribution in [0.3, 0.4) is 0 Å². The first-order chi connectivity index (χ1) is 10.3. The van der Waals surface area contributed by atoms with Crippen LogP contribution in [0.15, 0.2) is 41.3 Å². The Balaban J connectivity index is 1.73. The van der Waals surface area contributed by atoms with E-state index >= 15 is 0 Å². The van der Waals surface area contributed by atoms with Crippen molar-refractivity contribution >= 4 is 5.91 Å². The van der Waals surface area contributed by atoms with Gasteiger partial charge < -0.3 is 14.6 Å². The highest BCUT2D eigenvalue weighted by Crippen LogP contribution is 2.20. The molecule has 1 atom stereocenters. The number of carbonyl (C=O) groups excluding carboxylic acids is 1. The van der Waals surface area contributed by atoms with Gasteiger partial charge in [0.2, 0.25) is 0 Å². The number of nitrogens with zero attached hydrogens (tertiary/aromatic N) is 2. The topological polar surface area (TPSA) is 58.4 Å². The van der Waals surface area contributed by atoms with Crippen LogP contribution in [0.1, 0.15) is 23.2 Å². The molecule has 110 valence electrons. The first-order valence-electron chi connectivity index (χ1n) is 7.23. The molecule has 1 N–H and O–H groups in total. The molecule has 1 aromatic heterocycles. The van der Waals surface area contributed by atoms with E-state index in [0.717, 1.165) is 37.1 Å². The number of nitrogens with one attached hydrogen (secondary N) is 1. The first-order valence-corrected chi connectivity index (χ1v) is 7.23. The van der Waals surface area contributed by atoms with Crippen molar-refractivity contribution in [3.63, 3.8) is 0 Å². The summed E-state index contributed by atoms with van der Waals surface area (Å²) in [5.41, 5.74) is 1.64. The maximum atomic E-state index is 12.5. The van der Waals surface area contributed by atoms with Gasteiger partial charge in [-0.2, -0.15) is 0 Å². The van der Waals surface area contributed by atoms with Gasteiger partial charge in [-0.1, -0.05) is 12.1 Å². The number of likely N-dealkylation sites (N-methyl/N-ethyl adjacent to an activating group) is 1. The van der Waals surface area contributed by atoms with E-state index in [2.05, 4.69) is 10.3 Å². The van der Waals surface area contributed by atoms with Crippen molar-refractivity contribution in [2.75, 3.05) is 20.1 Å². The molecule has 0 saturated carbocycles. The molecule has 1 saturated heterocycles. The number of hydrogen-bond acceptors (Lipinski definition) is 4. The summed E-state index contributed by atoms with van der Waals surface area (Å²) in [6.07, 6.45) is 5.25. The quantitative estimate of drug-likeness (QED) is 0.939. The Hall–Kier alpha value is -2.14. The summed E-state index contributed by atoms with van der Waals surface area (Å²) in [7, 11) is 1.95. The Labute approximate surface area is 124 Å². The number of carbonyl (C=O) groups is 1. The third-order valence-electron chi connectivity index (χ3n) is 3.97. The third kappa shape index (κ3) is 2.97. The van der Waals surface area contributed by atoms with E-state index in [0.29, 0.717) is 11.8 Å². The molecular weight excluding hydrogens is 266 g/mol. The zero-order valence-corrected chi connectivity index (χ0v) is 12.1. The summed E-state index contributed by atoms with van der Waals surface area (Å²) in [5.74, 6) is 0.807. The Kier molecular flexibility index (Phi) is 4.01. The van der Waals surface area contributed by atoms with E-state index in [4.69, 9.17) is 4.42 Å². The van der Waals surface area contributed by atoms with Crippen LogP contribution in [0, 0.1) is 0 Å². The van der Waals surface area contributed by atoms with Gasteiger partial charge in [0.05, 0.1) is 6.20 Å². The molecule has 3 rings (SSSR count). The van der Waals surface area contributed by atoms with E-state index in [9.17, 15) is 4.79 Å². The van der Waals surface area contributed by atoms with E-state index in [-0.39, 0.29) is 5.91 Å². The van der Waals surface area contributed by atoms with E-state index in [1.165, 1.54) is 6.39 Å². The molecule has 0 aliphatic carbocycles. The van der Waals surface area contributed by atoms with Crippen LogP contribution in [0.25, 0.3) is 11.3 Å². The molecule has 21 heavy (non-hydrogen) atoms.